The summed E-state index contributed by atoms with van der Waals surface area (Å²) in [6.45, 7) is 5.59. The zero-order valence-corrected chi connectivity index (χ0v) is 14.7. The van der Waals surface area contributed by atoms with E-state index in [2.05, 4.69) is 5.32 Å². The zero-order chi connectivity index (χ0) is 17.3. The average Bonchev–Trinajstić information content (AvgIpc) is 2.49. The first-order chi connectivity index (χ1) is 10.7. The van der Waals surface area contributed by atoms with Crippen LogP contribution in [0.25, 0.3) is 0 Å². The lowest BCUT2D eigenvalue weighted by atomic mass is 10.1. The highest BCUT2D eigenvalue weighted by atomic mass is 32.2. The van der Waals surface area contributed by atoms with Gasteiger partial charge in [0.15, 0.2) is 0 Å². The van der Waals surface area contributed by atoms with Crippen molar-refractivity contribution in [2.24, 2.45) is 0 Å². The molecule has 0 fully saturated rings. The number of ether oxygens (including phenoxy) is 1. The number of amides is 1. The average molecular weight is 343 g/mol. The van der Waals surface area contributed by atoms with E-state index in [-0.39, 0.29) is 18.3 Å². The van der Waals surface area contributed by atoms with E-state index in [4.69, 9.17) is 8.92 Å². The van der Waals surface area contributed by atoms with E-state index in [1.165, 1.54) is 6.92 Å². The predicted molar refractivity (Wildman–Crippen MR) is 88.3 cm³/mol. The minimum Gasteiger partial charge on any atom is -0.368 e. The van der Waals surface area contributed by atoms with Crippen LogP contribution in [0.3, 0.4) is 0 Å². The molecule has 130 valence electrons. The Morgan fingerprint density at radius 3 is 2.48 bits per heavy atom. The van der Waals surface area contributed by atoms with Gasteiger partial charge in [-0.15, -0.1) is 0 Å². The molecule has 1 N–H and O–H groups in total. The quantitative estimate of drug-likeness (QED) is 0.518. The van der Waals surface area contributed by atoms with Crippen LogP contribution in [0.4, 0.5) is 0 Å². The third-order valence-corrected chi connectivity index (χ3v) is 4.27. The predicted octanol–water partition coefficient (Wildman–Crippen LogP) is 1.85. The maximum atomic E-state index is 11.8. The fourth-order valence-electron chi connectivity index (χ4n) is 1.70. The Morgan fingerprint density at radius 2 is 1.87 bits per heavy atom. The van der Waals surface area contributed by atoms with Crippen molar-refractivity contribution in [3.63, 3.8) is 0 Å². The molecule has 1 rings (SSSR count). The normalized spacial score (nSPS) is 12.1. The van der Waals surface area contributed by atoms with Gasteiger partial charge in [0.1, 0.15) is 0 Å². The minimum absolute atomic E-state index is 0.0533. The Balaban J connectivity index is 2.34. The molecule has 0 aliphatic carbocycles. The highest BCUT2D eigenvalue weighted by molar-refractivity contribution is 7.86. The van der Waals surface area contributed by atoms with Gasteiger partial charge in [-0.1, -0.05) is 30.3 Å². The van der Waals surface area contributed by atoms with Crippen LogP contribution in [0.1, 0.15) is 32.8 Å². The second-order valence-corrected chi connectivity index (χ2v) is 7.65. The van der Waals surface area contributed by atoms with E-state index in [1.54, 1.807) is 13.8 Å². The van der Waals surface area contributed by atoms with Crippen molar-refractivity contribution in [3.05, 3.63) is 35.9 Å². The molecule has 6 nitrogen and oxygen atoms in total. The second-order valence-electron chi connectivity index (χ2n) is 5.89. The van der Waals surface area contributed by atoms with Crippen LogP contribution in [0.15, 0.2) is 30.3 Å². The highest BCUT2D eigenvalue weighted by Crippen LogP contribution is 2.15. The van der Waals surface area contributed by atoms with Gasteiger partial charge in [0, 0.05) is 13.5 Å². The summed E-state index contributed by atoms with van der Waals surface area (Å²) >= 11 is 0. The van der Waals surface area contributed by atoms with Crippen molar-refractivity contribution in [1.82, 2.24) is 5.32 Å². The van der Waals surface area contributed by atoms with Gasteiger partial charge < -0.3 is 10.1 Å². The van der Waals surface area contributed by atoms with Crippen molar-refractivity contribution in [2.75, 3.05) is 18.9 Å². The Labute approximate surface area is 138 Å². The summed E-state index contributed by atoms with van der Waals surface area (Å²) in [6.07, 6.45) is 0.313. The first-order valence-corrected chi connectivity index (χ1v) is 9.07. The molecular weight excluding hydrogens is 318 g/mol. The molecule has 0 aliphatic rings. The molecule has 0 heterocycles. The lowest BCUT2D eigenvalue weighted by molar-refractivity contribution is -0.118. The SMILES string of the molecule is CC(=O)NCCCS(=O)(=O)OCC(C)(C)OCc1ccccc1. The molecule has 0 saturated carbocycles. The fourth-order valence-corrected chi connectivity index (χ4v) is 2.78. The van der Waals surface area contributed by atoms with Crippen LogP contribution in [-0.2, 0) is 30.4 Å². The lowest BCUT2D eigenvalue weighted by Gasteiger charge is -2.24. The summed E-state index contributed by atoms with van der Waals surface area (Å²) in [4.78, 5) is 10.7. The van der Waals surface area contributed by atoms with Crippen LogP contribution in [0, 0.1) is 0 Å². The fraction of sp³-hybridized carbons (Fsp3) is 0.562. The van der Waals surface area contributed by atoms with Gasteiger partial charge in [-0.25, -0.2) is 0 Å². The number of hydrogen-bond donors (Lipinski definition) is 1. The summed E-state index contributed by atoms with van der Waals surface area (Å²) in [6, 6.07) is 9.64. The monoisotopic (exact) mass is 343 g/mol. The van der Waals surface area contributed by atoms with E-state index in [0.717, 1.165) is 5.56 Å². The smallest absolute Gasteiger partial charge is 0.267 e. The Kier molecular flexibility index (Phi) is 7.67. The number of carbonyl (C=O) groups excluding carboxylic acids is 1. The number of benzene rings is 1. The second kappa shape index (κ2) is 9.00. The molecule has 1 amide bonds. The largest absolute Gasteiger partial charge is 0.368 e. The number of rotatable bonds is 10. The molecule has 0 spiro atoms. The Morgan fingerprint density at radius 1 is 1.22 bits per heavy atom. The van der Waals surface area contributed by atoms with Crippen molar-refractivity contribution in [1.29, 1.82) is 0 Å². The van der Waals surface area contributed by atoms with Crippen LogP contribution in [0.2, 0.25) is 0 Å². The van der Waals surface area contributed by atoms with Crippen LogP contribution in [0.5, 0.6) is 0 Å². The first-order valence-electron chi connectivity index (χ1n) is 7.50. The van der Waals surface area contributed by atoms with Gasteiger partial charge in [0.05, 0.1) is 24.6 Å². The molecule has 0 saturated heterocycles. The van der Waals surface area contributed by atoms with E-state index >= 15 is 0 Å². The van der Waals surface area contributed by atoms with Crippen molar-refractivity contribution in [2.45, 2.75) is 39.4 Å². The van der Waals surface area contributed by atoms with Gasteiger partial charge in [-0.05, 0) is 25.8 Å². The zero-order valence-electron chi connectivity index (χ0n) is 13.9. The minimum atomic E-state index is -3.63. The maximum absolute atomic E-state index is 11.8. The van der Waals surface area contributed by atoms with E-state index in [9.17, 15) is 13.2 Å². The molecular formula is C16H25NO5S. The highest BCUT2D eigenvalue weighted by Gasteiger charge is 2.23. The molecule has 0 atom stereocenters. The third kappa shape index (κ3) is 9.32. The molecule has 23 heavy (non-hydrogen) atoms. The Hall–Kier alpha value is -1.44. The molecule has 7 heteroatoms. The standard InChI is InChI=1S/C16H25NO5S/c1-14(18)17-10-7-11-23(19,20)22-13-16(2,3)21-12-15-8-5-4-6-9-15/h4-6,8-9H,7,10-13H2,1-3H3,(H,17,18). The van der Waals surface area contributed by atoms with Crippen molar-refractivity contribution in [3.8, 4) is 0 Å². The molecule has 0 bridgehead atoms. The first kappa shape index (κ1) is 19.6. The third-order valence-electron chi connectivity index (χ3n) is 3.00. The van der Waals surface area contributed by atoms with Crippen molar-refractivity contribution >= 4 is 16.0 Å². The summed E-state index contributed by atoms with van der Waals surface area (Å²) in [5.74, 6) is -0.319. The maximum Gasteiger partial charge on any atom is 0.267 e. The van der Waals surface area contributed by atoms with Gasteiger partial charge >= 0.3 is 0 Å². The topological polar surface area (TPSA) is 81.7 Å². The van der Waals surface area contributed by atoms with E-state index in [1.807, 2.05) is 30.3 Å². The molecule has 1 aromatic carbocycles. The molecule has 0 unspecified atom stereocenters. The summed E-state index contributed by atoms with van der Waals surface area (Å²) in [7, 11) is -3.63. The molecule has 0 aliphatic heterocycles. The molecule has 0 radical (unpaired) electrons. The van der Waals surface area contributed by atoms with Crippen LogP contribution < -0.4 is 5.32 Å². The lowest BCUT2D eigenvalue weighted by Crippen LogP contribution is -2.32. The van der Waals surface area contributed by atoms with Gasteiger partial charge in [0.2, 0.25) is 5.91 Å². The number of nitrogens with one attached hydrogen (secondary N) is 1. The molecule has 0 aromatic heterocycles. The van der Waals surface area contributed by atoms with Crippen LogP contribution >= 0.6 is 0 Å². The van der Waals surface area contributed by atoms with E-state index < -0.39 is 15.7 Å². The van der Waals surface area contributed by atoms with Crippen molar-refractivity contribution < 1.29 is 22.1 Å². The van der Waals surface area contributed by atoms with E-state index in [0.29, 0.717) is 19.6 Å². The van der Waals surface area contributed by atoms with Gasteiger partial charge in [-0.2, -0.15) is 8.42 Å². The molecule has 1 aromatic rings. The Bertz CT molecular complexity index is 584. The number of hydrogen-bond acceptors (Lipinski definition) is 5. The van der Waals surface area contributed by atoms with Gasteiger partial charge in [0.25, 0.3) is 10.1 Å². The summed E-state index contributed by atoms with van der Waals surface area (Å²) < 4.78 is 34.4. The van der Waals surface area contributed by atoms with Gasteiger partial charge in [-0.3, -0.25) is 8.98 Å². The summed E-state index contributed by atoms with van der Waals surface area (Å²) in [5, 5.41) is 2.55. The number of carbonyl (C=O) groups is 1. The summed E-state index contributed by atoms with van der Waals surface area (Å²) in [5.41, 5.74) is 0.291. The van der Waals surface area contributed by atoms with Crippen LogP contribution in [-0.4, -0.2) is 38.8 Å².